The lowest BCUT2D eigenvalue weighted by Gasteiger charge is -2.02. The first-order chi connectivity index (χ1) is 7.66. The average Bonchev–Trinajstić information content (AvgIpc) is 2.75. The van der Waals surface area contributed by atoms with Gasteiger partial charge in [0.25, 0.3) is 0 Å². The fraction of sp³-hybridized carbons (Fsp3) is 0.0909. The third-order valence-electron chi connectivity index (χ3n) is 2.07. The lowest BCUT2D eigenvalue weighted by molar-refractivity contribution is 0.0996. The van der Waals surface area contributed by atoms with Crippen LogP contribution >= 0.6 is 22.9 Å². The van der Waals surface area contributed by atoms with Gasteiger partial charge in [0.05, 0.1) is 10.4 Å². The van der Waals surface area contributed by atoms with Crippen molar-refractivity contribution in [2.24, 2.45) is 0 Å². The van der Waals surface area contributed by atoms with E-state index >= 15 is 0 Å². The molecule has 0 unspecified atom stereocenters. The van der Waals surface area contributed by atoms with Gasteiger partial charge in [-0.3, -0.25) is 9.78 Å². The number of ketones is 1. The summed E-state index contributed by atoms with van der Waals surface area (Å²) in [5.74, 6) is -0.463. The average molecular weight is 256 g/mol. The fourth-order valence-electron chi connectivity index (χ4n) is 1.28. The zero-order chi connectivity index (χ0) is 11.5. The molecular formula is C11H7ClFNOS. The van der Waals surface area contributed by atoms with Gasteiger partial charge in [-0.05, 0) is 17.7 Å². The van der Waals surface area contributed by atoms with Gasteiger partial charge in [-0.25, -0.2) is 4.39 Å². The third-order valence-corrected chi connectivity index (χ3v) is 3.24. The van der Waals surface area contributed by atoms with Crippen molar-refractivity contribution in [2.75, 3.05) is 0 Å². The molecular weight excluding hydrogens is 249 g/mol. The van der Waals surface area contributed by atoms with E-state index in [0.29, 0.717) is 10.4 Å². The van der Waals surface area contributed by atoms with E-state index in [1.807, 2.05) is 0 Å². The summed E-state index contributed by atoms with van der Waals surface area (Å²) in [7, 11) is 0. The zero-order valence-electron chi connectivity index (χ0n) is 8.11. The van der Waals surface area contributed by atoms with Crippen molar-refractivity contribution >= 4 is 28.7 Å². The molecule has 2 nitrogen and oxygen atoms in total. The number of rotatable bonds is 3. The molecule has 0 saturated heterocycles. The Morgan fingerprint density at radius 1 is 1.50 bits per heavy atom. The van der Waals surface area contributed by atoms with Gasteiger partial charge < -0.3 is 0 Å². The number of carbonyl (C=O) groups is 1. The molecule has 0 radical (unpaired) electrons. The minimum Gasteiger partial charge on any atom is -0.293 e. The van der Waals surface area contributed by atoms with E-state index in [-0.39, 0.29) is 17.2 Å². The summed E-state index contributed by atoms with van der Waals surface area (Å²) in [5.41, 5.74) is 2.22. The van der Waals surface area contributed by atoms with Crippen molar-refractivity contribution in [1.29, 1.82) is 0 Å². The van der Waals surface area contributed by atoms with Crippen LogP contribution in [0, 0.1) is 5.82 Å². The number of carbonyl (C=O) groups excluding carboxylic acids is 1. The first-order valence-corrected chi connectivity index (χ1v) is 5.78. The maximum Gasteiger partial charge on any atom is 0.178 e. The Kier molecular flexibility index (Phi) is 3.31. The Bertz CT molecular complexity index is 513. The Balaban J connectivity index is 2.18. The van der Waals surface area contributed by atoms with Crippen molar-refractivity contribution in [3.05, 3.63) is 51.2 Å². The van der Waals surface area contributed by atoms with E-state index in [4.69, 9.17) is 11.6 Å². The van der Waals surface area contributed by atoms with Crippen molar-refractivity contribution in [3.8, 4) is 0 Å². The van der Waals surface area contributed by atoms with Crippen LogP contribution < -0.4 is 0 Å². The Hall–Kier alpha value is -1.26. The van der Waals surface area contributed by atoms with Crippen LogP contribution in [0.3, 0.4) is 0 Å². The van der Waals surface area contributed by atoms with Crippen LogP contribution in [-0.4, -0.2) is 10.8 Å². The van der Waals surface area contributed by atoms with Gasteiger partial charge in [0, 0.05) is 17.6 Å². The van der Waals surface area contributed by atoms with Crippen molar-refractivity contribution < 1.29 is 9.18 Å². The van der Waals surface area contributed by atoms with Gasteiger partial charge in [0.15, 0.2) is 5.78 Å². The standard InChI is InChI=1S/C11H7ClFNOS/c12-9-4-8(13)2-1-7(9)3-10(15)11-5-14-6-16-11/h1-2,4-6H,3H2. The van der Waals surface area contributed by atoms with Crippen molar-refractivity contribution in [2.45, 2.75) is 6.42 Å². The molecule has 1 aromatic heterocycles. The molecule has 0 spiro atoms. The van der Waals surface area contributed by atoms with Gasteiger partial charge in [-0.15, -0.1) is 11.3 Å². The van der Waals surface area contributed by atoms with E-state index in [0.717, 1.165) is 0 Å². The molecule has 0 amide bonds. The van der Waals surface area contributed by atoms with Crippen molar-refractivity contribution in [1.82, 2.24) is 4.98 Å². The van der Waals surface area contributed by atoms with E-state index < -0.39 is 5.82 Å². The summed E-state index contributed by atoms with van der Waals surface area (Å²) in [5, 5.41) is 0.276. The Morgan fingerprint density at radius 3 is 2.94 bits per heavy atom. The molecule has 0 aliphatic heterocycles. The summed E-state index contributed by atoms with van der Waals surface area (Å²) in [4.78, 5) is 16.1. The summed E-state index contributed by atoms with van der Waals surface area (Å²) in [6, 6.07) is 4.02. The van der Waals surface area contributed by atoms with Crippen LogP contribution in [0.2, 0.25) is 5.02 Å². The maximum atomic E-state index is 12.8. The van der Waals surface area contributed by atoms with Crippen LogP contribution in [0.1, 0.15) is 15.2 Å². The highest BCUT2D eigenvalue weighted by atomic mass is 35.5. The molecule has 2 aromatic rings. The van der Waals surface area contributed by atoms with Gasteiger partial charge in [-0.1, -0.05) is 17.7 Å². The van der Waals surface area contributed by atoms with Crippen LogP contribution in [0.4, 0.5) is 4.39 Å². The molecule has 5 heteroatoms. The number of benzene rings is 1. The summed E-state index contributed by atoms with van der Waals surface area (Å²) < 4.78 is 12.8. The Morgan fingerprint density at radius 2 is 2.31 bits per heavy atom. The molecule has 1 aromatic carbocycles. The predicted octanol–water partition coefficient (Wildman–Crippen LogP) is 3.36. The van der Waals surface area contributed by atoms with Gasteiger partial charge in [-0.2, -0.15) is 0 Å². The molecule has 0 saturated carbocycles. The molecule has 0 aliphatic carbocycles. The minimum atomic E-state index is -0.404. The number of hydrogen-bond acceptors (Lipinski definition) is 3. The third kappa shape index (κ3) is 2.46. The molecule has 1 heterocycles. The molecule has 0 bridgehead atoms. The molecule has 82 valence electrons. The highest BCUT2D eigenvalue weighted by molar-refractivity contribution is 7.11. The summed E-state index contributed by atoms with van der Waals surface area (Å²) >= 11 is 7.11. The monoisotopic (exact) mass is 255 g/mol. The fourth-order valence-corrected chi connectivity index (χ4v) is 2.07. The quantitative estimate of drug-likeness (QED) is 0.787. The zero-order valence-corrected chi connectivity index (χ0v) is 9.69. The van der Waals surface area contributed by atoms with Gasteiger partial charge >= 0.3 is 0 Å². The second-order valence-corrected chi connectivity index (χ2v) is 4.49. The highest BCUT2D eigenvalue weighted by Gasteiger charge is 2.11. The van der Waals surface area contributed by atoms with Crippen LogP contribution in [0.25, 0.3) is 0 Å². The lowest BCUT2D eigenvalue weighted by Crippen LogP contribution is -2.02. The Labute approximate surface area is 101 Å². The molecule has 0 N–H and O–H groups in total. The SMILES string of the molecule is O=C(Cc1ccc(F)cc1Cl)c1cncs1. The first kappa shape index (κ1) is 11.2. The molecule has 0 atom stereocenters. The van der Waals surface area contributed by atoms with E-state index in [1.165, 1.54) is 35.7 Å². The number of aromatic nitrogens is 1. The second kappa shape index (κ2) is 4.72. The normalized spacial score (nSPS) is 10.4. The first-order valence-electron chi connectivity index (χ1n) is 4.52. The summed E-state index contributed by atoms with van der Waals surface area (Å²) in [6.45, 7) is 0. The summed E-state index contributed by atoms with van der Waals surface area (Å²) in [6.07, 6.45) is 1.69. The highest BCUT2D eigenvalue weighted by Crippen LogP contribution is 2.20. The van der Waals surface area contributed by atoms with E-state index in [1.54, 1.807) is 5.51 Å². The molecule has 0 fully saturated rings. The topological polar surface area (TPSA) is 30.0 Å². The predicted molar refractivity (Wildman–Crippen MR) is 61.6 cm³/mol. The number of nitrogens with zero attached hydrogens (tertiary/aromatic N) is 1. The number of hydrogen-bond donors (Lipinski definition) is 0. The minimum absolute atomic E-state index is 0.0593. The van der Waals surface area contributed by atoms with Crippen LogP contribution in [-0.2, 0) is 6.42 Å². The van der Waals surface area contributed by atoms with E-state index in [9.17, 15) is 9.18 Å². The second-order valence-electron chi connectivity index (χ2n) is 3.20. The van der Waals surface area contributed by atoms with Crippen LogP contribution in [0.5, 0.6) is 0 Å². The molecule has 0 aliphatic rings. The number of thiazole rings is 1. The lowest BCUT2D eigenvalue weighted by atomic mass is 10.1. The van der Waals surface area contributed by atoms with Crippen molar-refractivity contribution in [3.63, 3.8) is 0 Å². The number of Topliss-reactive ketones (excluding diaryl/α,β-unsaturated/α-hetero) is 1. The number of halogens is 2. The van der Waals surface area contributed by atoms with Gasteiger partial charge in [0.2, 0.25) is 0 Å². The molecule has 2 rings (SSSR count). The molecule has 16 heavy (non-hydrogen) atoms. The maximum absolute atomic E-state index is 12.8. The smallest absolute Gasteiger partial charge is 0.178 e. The van der Waals surface area contributed by atoms with Crippen LogP contribution in [0.15, 0.2) is 29.9 Å². The van der Waals surface area contributed by atoms with E-state index in [2.05, 4.69) is 4.98 Å². The van der Waals surface area contributed by atoms with Gasteiger partial charge in [0.1, 0.15) is 5.82 Å². The largest absolute Gasteiger partial charge is 0.293 e.